The van der Waals surface area contributed by atoms with Gasteiger partial charge in [-0.05, 0) is 42.8 Å². The molecule has 1 amide bonds. The molecule has 0 aliphatic heterocycles. The van der Waals surface area contributed by atoms with Crippen molar-refractivity contribution in [3.63, 3.8) is 0 Å². The lowest BCUT2D eigenvalue weighted by Gasteiger charge is -2.13. The molecule has 0 aliphatic rings. The lowest BCUT2D eigenvalue weighted by molar-refractivity contribution is 0.0954. The summed E-state index contributed by atoms with van der Waals surface area (Å²) < 4.78 is 0. The quantitative estimate of drug-likeness (QED) is 0.705. The smallest absolute Gasteiger partial charge is 0.253 e. The van der Waals surface area contributed by atoms with Crippen LogP contribution in [0.1, 0.15) is 23.7 Å². The summed E-state index contributed by atoms with van der Waals surface area (Å²) >= 11 is 12.0. The van der Waals surface area contributed by atoms with Gasteiger partial charge in [-0.3, -0.25) is 4.79 Å². The molecule has 0 bridgehead atoms. The number of hydrogen-bond donors (Lipinski definition) is 3. The molecule has 0 aliphatic carbocycles. The van der Waals surface area contributed by atoms with Gasteiger partial charge in [0, 0.05) is 28.0 Å². The predicted molar refractivity (Wildman–Crippen MR) is 93.2 cm³/mol. The summed E-state index contributed by atoms with van der Waals surface area (Å²) in [6.07, 6.45) is 0.862. The van der Waals surface area contributed by atoms with Crippen LogP contribution < -0.4 is 16.4 Å². The number of nitrogens with two attached hydrogens (primary N) is 1. The molecule has 0 saturated carbocycles. The molecule has 22 heavy (non-hydrogen) atoms. The van der Waals surface area contributed by atoms with Crippen molar-refractivity contribution in [3.05, 3.63) is 52.0 Å². The van der Waals surface area contributed by atoms with Crippen LogP contribution >= 0.6 is 23.2 Å². The first-order chi connectivity index (χ1) is 10.5. The van der Waals surface area contributed by atoms with Crippen LogP contribution in [0.4, 0.5) is 17.1 Å². The van der Waals surface area contributed by atoms with Gasteiger partial charge in [-0.2, -0.15) is 0 Å². The van der Waals surface area contributed by atoms with Crippen molar-refractivity contribution in [2.24, 2.45) is 0 Å². The summed E-state index contributed by atoms with van der Waals surface area (Å²) in [5, 5.41) is 7.02. The fourth-order valence-electron chi connectivity index (χ4n) is 1.97. The molecule has 4 nitrogen and oxygen atoms in total. The normalized spacial score (nSPS) is 10.3. The van der Waals surface area contributed by atoms with Crippen LogP contribution in [0.2, 0.25) is 10.0 Å². The van der Waals surface area contributed by atoms with Crippen molar-refractivity contribution < 1.29 is 4.79 Å². The van der Waals surface area contributed by atoms with E-state index in [1.165, 1.54) is 0 Å². The van der Waals surface area contributed by atoms with Crippen LogP contribution in [0, 0.1) is 0 Å². The van der Waals surface area contributed by atoms with Gasteiger partial charge in [0.25, 0.3) is 5.91 Å². The zero-order valence-corrected chi connectivity index (χ0v) is 13.6. The van der Waals surface area contributed by atoms with E-state index in [2.05, 4.69) is 10.6 Å². The summed E-state index contributed by atoms with van der Waals surface area (Å²) in [6.45, 7) is 2.60. The Balaban J connectivity index is 2.32. The monoisotopic (exact) mass is 337 g/mol. The van der Waals surface area contributed by atoms with Crippen LogP contribution in [0.5, 0.6) is 0 Å². The molecule has 0 spiro atoms. The van der Waals surface area contributed by atoms with Crippen LogP contribution in [0.3, 0.4) is 0 Å². The molecule has 6 heteroatoms. The summed E-state index contributed by atoms with van der Waals surface area (Å²) in [6, 6.07) is 10.2. The van der Waals surface area contributed by atoms with E-state index in [1.807, 2.05) is 6.92 Å². The Morgan fingerprint density at radius 1 is 1.14 bits per heavy atom. The summed E-state index contributed by atoms with van der Waals surface area (Å²) in [4.78, 5) is 12.2. The van der Waals surface area contributed by atoms with Crippen molar-refractivity contribution in [2.45, 2.75) is 13.3 Å². The number of anilines is 3. The Morgan fingerprint density at radius 3 is 2.45 bits per heavy atom. The van der Waals surface area contributed by atoms with E-state index in [-0.39, 0.29) is 5.91 Å². The molecule has 2 aromatic rings. The highest BCUT2D eigenvalue weighted by atomic mass is 35.5. The molecule has 0 fully saturated rings. The zero-order valence-electron chi connectivity index (χ0n) is 12.1. The summed E-state index contributed by atoms with van der Waals surface area (Å²) in [5.41, 5.74) is 8.13. The predicted octanol–water partition coefficient (Wildman–Crippen LogP) is 4.46. The molecule has 0 atom stereocenters. The summed E-state index contributed by atoms with van der Waals surface area (Å²) in [5.74, 6) is -0.176. The molecular weight excluding hydrogens is 321 g/mol. The van der Waals surface area contributed by atoms with Gasteiger partial charge in [0.2, 0.25) is 0 Å². The minimum absolute atomic E-state index is 0.176. The van der Waals surface area contributed by atoms with Gasteiger partial charge in [-0.15, -0.1) is 0 Å². The van der Waals surface area contributed by atoms with Gasteiger partial charge in [0.15, 0.2) is 0 Å². The SMILES string of the molecule is CCCNC(=O)c1cc(N)ccc1Nc1cc(Cl)cc(Cl)c1. The van der Waals surface area contributed by atoms with E-state index in [0.717, 1.165) is 6.42 Å². The number of amides is 1. The van der Waals surface area contributed by atoms with Crippen LogP contribution in [-0.4, -0.2) is 12.5 Å². The molecule has 0 aromatic heterocycles. The van der Waals surface area contributed by atoms with Crippen molar-refractivity contribution in [1.82, 2.24) is 5.32 Å². The van der Waals surface area contributed by atoms with Gasteiger partial charge in [0.1, 0.15) is 0 Å². The van der Waals surface area contributed by atoms with E-state index in [9.17, 15) is 4.79 Å². The average molecular weight is 338 g/mol. The second-order valence-corrected chi connectivity index (χ2v) is 5.72. The number of carbonyl (C=O) groups excluding carboxylic acids is 1. The Morgan fingerprint density at radius 2 is 1.82 bits per heavy atom. The highest BCUT2D eigenvalue weighted by Gasteiger charge is 2.12. The molecule has 0 heterocycles. The first-order valence-electron chi connectivity index (χ1n) is 6.90. The first-order valence-corrected chi connectivity index (χ1v) is 7.66. The number of benzene rings is 2. The lowest BCUT2D eigenvalue weighted by Crippen LogP contribution is -2.24. The summed E-state index contributed by atoms with van der Waals surface area (Å²) in [7, 11) is 0. The Kier molecular flexibility index (Phi) is 5.52. The van der Waals surface area contributed by atoms with E-state index < -0.39 is 0 Å². The molecule has 0 radical (unpaired) electrons. The van der Waals surface area contributed by atoms with Gasteiger partial charge in [-0.25, -0.2) is 0 Å². The van der Waals surface area contributed by atoms with Gasteiger partial charge >= 0.3 is 0 Å². The molecule has 0 unspecified atom stereocenters. The second kappa shape index (κ2) is 7.38. The average Bonchev–Trinajstić information content (AvgIpc) is 2.45. The Hall–Kier alpha value is -1.91. The highest BCUT2D eigenvalue weighted by molar-refractivity contribution is 6.35. The molecule has 2 rings (SSSR count). The Bertz CT molecular complexity index is 669. The lowest BCUT2D eigenvalue weighted by atomic mass is 10.1. The maximum atomic E-state index is 12.2. The van der Waals surface area contributed by atoms with Crippen LogP contribution in [0.25, 0.3) is 0 Å². The van der Waals surface area contributed by atoms with Gasteiger partial charge < -0.3 is 16.4 Å². The Labute approximate surface area is 139 Å². The molecule has 0 saturated heterocycles. The number of halogens is 2. The largest absolute Gasteiger partial charge is 0.399 e. The zero-order chi connectivity index (χ0) is 16.1. The number of nitrogens with one attached hydrogen (secondary N) is 2. The standard InChI is InChI=1S/C16H17Cl2N3O/c1-2-5-20-16(22)14-9-12(19)3-4-15(14)21-13-7-10(17)6-11(18)8-13/h3-4,6-9,21H,2,5,19H2,1H3,(H,20,22). The molecular formula is C16H17Cl2N3O. The fraction of sp³-hybridized carbons (Fsp3) is 0.188. The third-order valence-corrected chi connectivity index (χ3v) is 3.40. The van der Waals surface area contributed by atoms with E-state index in [0.29, 0.717) is 39.2 Å². The fourth-order valence-corrected chi connectivity index (χ4v) is 2.50. The second-order valence-electron chi connectivity index (χ2n) is 4.84. The van der Waals surface area contributed by atoms with Crippen molar-refractivity contribution in [2.75, 3.05) is 17.6 Å². The van der Waals surface area contributed by atoms with Crippen molar-refractivity contribution >= 4 is 46.2 Å². The highest BCUT2D eigenvalue weighted by Crippen LogP contribution is 2.27. The van der Waals surface area contributed by atoms with Gasteiger partial charge in [-0.1, -0.05) is 30.1 Å². The molecule has 4 N–H and O–H groups in total. The number of rotatable bonds is 5. The van der Waals surface area contributed by atoms with Crippen LogP contribution in [0.15, 0.2) is 36.4 Å². The van der Waals surface area contributed by atoms with E-state index >= 15 is 0 Å². The minimum Gasteiger partial charge on any atom is -0.399 e. The van der Waals surface area contributed by atoms with E-state index in [4.69, 9.17) is 28.9 Å². The molecule has 116 valence electrons. The number of hydrogen-bond acceptors (Lipinski definition) is 3. The number of nitrogen functional groups attached to an aromatic ring is 1. The van der Waals surface area contributed by atoms with Crippen molar-refractivity contribution in [1.29, 1.82) is 0 Å². The number of carbonyl (C=O) groups is 1. The first kappa shape index (κ1) is 16.5. The maximum Gasteiger partial charge on any atom is 0.253 e. The molecule has 2 aromatic carbocycles. The van der Waals surface area contributed by atoms with Crippen molar-refractivity contribution in [3.8, 4) is 0 Å². The maximum absolute atomic E-state index is 12.2. The van der Waals surface area contributed by atoms with E-state index in [1.54, 1.807) is 36.4 Å². The van der Waals surface area contributed by atoms with Crippen LogP contribution in [-0.2, 0) is 0 Å². The topological polar surface area (TPSA) is 67.2 Å². The third kappa shape index (κ3) is 4.29. The van der Waals surface area contributed by atoms with Gasteiger partial charge in [0.05, 0.1) is 11.3 Å². The minimum atomic E-state index is -0.176. The third-order valence-electron chi connectivity index (χ3n) is 2.97.